The van der Waals surface area contributed by atoms with E-state index in [9.17, 15) is 8.42 Å². The van der Waals surface area contributed by atoms with Crippen molar-refractivity contribution in [2.24, 2.45) is 0 Å². The fourth-order valence-corrected chi connectivity index (χ4v) is 5.73. The molecule has 1 N–H and O–H groups in total. The summed E-state index contributed by atoms with van der Waals surface area (Å²) in [5.41, 5.74) is 2.18. The molecule has 20 heavy (non-hydrogen) atoms. The number of nitrogens with one attached hydrogen (secondary N) is 1. The first-order valence-electron chi connectivity index (χ1n) is 6.89. The monoisotopic (exact) mass is 312 g/mol. The van der Waals surface area contributed by atoms with Crippen molar-refractivity contribution < 1.29 is 8.42 Å². The van der Waals surface area contributed by atoms with Crippen LogP contribution >= 0.6 is 11.8 Å². The highest BCUT2D eigenvalue weighted by molar-refractivity contribution is 8.00. The fourth-order valence-electron chi connectivity index (χ4n) is 2.77. The van der Waals surface area contributed by atoms with E-state index >= 15 is 0 Å². The van der Waals surface area contributed by atoms with E-state index in [0.717, 1.165) is 30.0 Å². The largest absolute Gasteiger partial charge is 0.384 e. The van der Waals surface area contributed by atoms with Gasteiger partial charge in [0, 0.05) is 35.8 Å². The average Bonchev–Trinajstić information content (AvgIpc) is 2.84. The smallest absolute Gasteiger partial charge is 0.243 e. The van der Waals surface area contributed by atoms with Gasteiger partial charge in [0.25, 0.3) is 0 Å². The summed E-state index contributed by atoms with van der Waals surface area (Å²) in [6.07, 6.45) is 0.903. The summed E-state index contributed by atoms with van der Waals surface area (Å²) in [5, 5.41) is 3.26. The van der Waals surface area contributed by atoms with E-state index in [0.29, 0.717) is 18.0 Å². The van der Waals surface area contributed by atoms with Crippen LogP contribution in [-0.2, 0) is 16.4 Å². The fraction of sp³-hybridized carbons (Fsp3) is 0.571. The third kappa shape index (κ3) is 2.56. The highest BCUT2D eigenvalue weighted by Crippen LogP contribution is 2.33. The Hall–Kier alpha value is -0.720. The van der Waals surface area contributed by atoms with Crippen molar-refractivity contribution in [1.29, 1.82) is 0 Å². The number of rotatable bonds is 2. The molecule has 0 radical (unpaired) electrons. The van der Waals surface area contributed by atoms with Crippen molar-refractivity contribution in [2.45, 2.75) is 29.9 Å². The van der Waals surface area contributed by atoms with Gasteiger partial charge in [0.15, 0.2) is 0 Å². The second-order valence-electron chi connectivity index (χ2n) is 5.94. The number of hydrogen-bond acceptors (Lipinski definition) is 4. The summed E-state index contributed by atoms with van der Waals surface area (Å²) in [6, 6.07) is 5.44. The quantitative estimate of drug-likeness (QED) is 0.909. The number of hydrogen-bond donors (Lipinski definition) is 1. The normalized spacial score (nSPS) is 22.3. The second-order valence-corrected chi connectivity index (χ2v) is 9.68. The van der Waals surface area contributed by atoms with Gasteiger partial charge in [-0.05, 0) is 44.0 Å². The lowest BCUT2D eigenvalue weighted by Crippen LogP contribution is -2.46. The third-order valence-corrected chi connectivity index (χ3v) is 6.95. The minimum absolute atomic E-state index is 0.0103. The van der Waals surface area contributed by atoms with Crippen molar-refractivity contribution >= 4 is 27.5 Å². The van der Waals surface area contributed by atoms with Crippen molar-refractivity contribution in [3.05, 3.63) is 23.8 Å². The highest BCUT2D eigenvalue weighted by atomic mass is 32.2. The van der Waals surface area contributed by atoms with E-state index in [-0.39, 0.29) is 4.75 Å². The lowest BCUT2D eigenvalue weighted by Gasteiger charge is -2.36. The van der Waals surface area contributed by atoms with Gasteiger partial charge in [0.2, 0.25) is 10.0 Å². The van der Waals surface area contributed by atoms with E-state index in [1.807, 2.05) is 23.9 Å². The van der Waals surface area contributed by atoms with Gasteiger partial charge in [0.1, 0.15) is 0 Å². The third-order valence-electron chi connectivity index (χ3n) is 3.81. The van der Waals surface area contributed by atoms with Crippen molar-refractivity contribution in [2.75, 3.05) is 30.7 Å². The van der Waals surface area contributed by atoms with Crippen molar-refractivity contribution in [3.63, 3.8) is 0 Å². The number of thioether (sulfide) groups is 1. The van der Waals surface area contributed by atoms with Gasteiger partial charge < -0.3 is 5.32 Å². The Morgan fingerprint density at radius 1 is 1.35 bits per heavy atom. The van der Waals surface area contributed by atoms with Crippen LogP contribution in [0.1, 0.15) is 19.4 Å². The predicted molar refractivity (Wildman–Crippen MR) is 83.9 cm³/mol. The number of fused-ring (bicyclic) bond motifs is 1. The molecule has 2 aliphatic heterocycles. The first kappa shape index (κ1) is 14.2. The van der Waals surface area contributed by atoms with Crippen LogP contribution in [0, 0.1) is 0 Å². The molecule has 0 saturated carbocycles. The molecule has 0 bridgehead atoms. The van der Waals surface area contributed by atoms with Gasteiger partial charge in [-0.25, -0.2) is 8.42 Å². The van der Waals surface area contributed by atoms with Crippen LogP contribution < -0.4 is 5.32 Å². The molecule has 4 nitrogen and oxygen atoms in total. The molecule has 2 aliphatic rings. The zero-order chi connectivity index (χ0) is 14.4. The number of nitrogens with zero attached hydrogens (tertiary/aromatic N) is 1. The van der Waals surface area contributed by atoms with E-state index in [1.165, 1.54) is 0 Å². The molecular weight excluding hydrogens is 292 g/mol. The van der Waals surface area contributed by atoms with Crippen LogP contribution in [0.4, 0.5) is 5.69 Å². The molecular formula is C14H20N2O2S2. The van der Waals surface area contributed by atoms with E-state index in [2.05, 4.69) is 19.2 Å². The van der Waals surface area contributed by atoms with Crippen LogP contribution in [0.25, 0.3) is 0 Å². The molecule has 0 amide bonds. The standard InChI is InChI=1S/C14H20N2O2S2/c1-14(2)10-16(7-8-19-14)20(17,18)12-3-4-13-11(9-12)5-6-15-13/h3-4,9,15H,5-8,10H2,1-2H3. The lowest BCUT2D eigenvalue weighted by atomic mass is 10.2. The molecule has 0 aromatic heterocycles. The molecule has 110 valence electrons. The Morgan fingerprint density at radius 2 is 2.15 bits per heavy atom. The summed E-state index contributed by atoms with van der Waals surface area (Å²) in [5.74, 6) is 0.860. The minimum Gasteiger partial charge on any atom is -0.384 e. The summed E-state index contributed by atoms with van der Waals surface area (Å²) in [4.78, 5) is 0.433. The molecule has 2 heterocycles. The second kappa shape index (κ2) is 4.93. The van der Waals surface area contributed by atoms with Gasteiger partial charge in [-0.3, -0.25) is 0 Å². The molecule has 0 atom stereocenters. The van der Waals surface area contributed by atoms with Crippen LogP contribution in [0.5, 0.6) is 0 Å². The van der Waals surface area contributed by atoms with Crippen LogP contribution in [0.3, 0.4) is 0 Å². The van der Waals surface area contributed by atoms with Crippen LogP contribution in [0.15, 0.2) is 23.1 Å². The zero-order valence-corrected chi connectivity index (χ0v) is 13.5. The van der Waals surface area contributed by atoms with Gasteiger partial charge in [-0.2, -0.15) is 16.1 Å². The number of sulfonamides is 1. The lowest BCUT2D eigenvalue weighted by molar-refractivity contribution is 0.387. The van der Waals surface area contributed by atoms with E-state index in [4.69, 9.17) is 0 Å². The highest BCUT2D eigenvalue weighted by Gasteiger charge is 2.34. The molecule has 0 unspecified atom stereocenters. The van der Waals surface area contributed by atoms with Gasteiger partial charge in [-0.15, -0.1) is 0 Å². The average molecular weight is 312 g/mol. The molecule has 1 saturated heterocycles. The molecule has 0 aliphatic carbocycles. The first-order valence-corrected chi connectivity index (χ1v) is 9.32. The van der Waals surface area contributed by atoms with Crippen molar-refractivity contribution in [3.8, 4) is 0 Å². The Kier molecular flexibility index (Phi) is 3.51. The molecule has 0 spiro atoms. The van der Waals surface area contributed by atoms with Gasteiger partial charge >= 0.3 is 0 Å². The summed E-state index contributed by atoms with van der Waals surface area (Å²) in [7, 11) is -3.36. The van der Waals surface area contributed by atoms with E-state index in [1.54, 1.807) is 10.4 Å². The molecule has 6 heteroatoms. The number of benzene rings is 1. The summed E-state index contributed by atoms with van der Waals surface area (Å²) in [6.45, 7) is 6.28. The maximum Gasteiger partial charge on any atom is 0.243 e. The zero-order valence-electron chi connectivity index (χ0n) is 11.8. The van der Waals surface area contributed by atoms with Crippen LogP contribution in [0.2, 0.25) is 0 Å². The van der Waals surface area contributed by atoms with E-state index < -0.39 is 10.0 Å². The van der Waals surface area contributed by atoms with Crippen molar-refractivity contribution in [1.82, 2.24) is 4.31 Å². The maximum atomic E-state index is 12.8. The maximum absolute atomic E-state index is 12.8. The molecule has 1 fully saturated rings. The molecule has 3 rings (SSSR count). The Labute approximate surface area is 125 Å². The Balaban J connectivity index is 1.92. The van der Waals surface area contributed by atoms with Crippen LogP contribution in [-0.4, -0.2) is 42.9 Å². The molecule has 1 aromatic rings. The Bertz CT molecular complexity index is 626. The van der Waals surface area contributed by atoms with Gasteiger partial charge in [-0.1, -0.05) is 0 Å². The minimum atomic E-state index is -3.36. The molecule has 1 aromatic carbocycles. The summed E-state index contributed by atoms with van der Waals surface area (Å²) >= 11 is 1.84. The van der Waals surface area contributed by atoms with Gasteiger partial charge in [0.05, 0.1) is 4.90 Å². The SMILES string of the molecule is CC1(C)CN(S(=O)(=O)c2ccc3c(c2)CCN3)CCS1. The predicted octanol–water partition coefficient (Wildman–Crippen LogP) is 2.17. The first-order chi connectivity index (χ1) is 9.38. The Morgan fingerprint density at radius 3 is 2.90 bits per heavy atom. The summed E-state index contributed by atoms with van der Waals surface area (Å²) < 4.78 is 27.2. The topological polar surface area (TPSA) is 49.4 Å². The number of anilines is 1.